The molecule has 1 N–H and O–H groups in total. The Balaban J connectivity index is 1.89. The monoisotopic (exact) mass is 495 g/mol. The SMILES string of the molecule is Cc1cccc(N2C(=O)C(=O)C(=C(O)c3ccc(S(=O)(=O)N(C)C)cc3)[C@@H]2c2ccc(F)cc2)n1. The van der Waals surface area contributed by atoms with Gasteiger partial charge in [0.2, 0.25) is 10.0 Å². The Labute approximate surface area is 202 Å². The van der Waals surface area contributed by atoms with Crippen LogP contribution in [0.5, 0.6) is 0 Å². The van der Waals surface area contributed by atoms with Crippen molar-refractivity contribution in [3.8, 4) is 0 Å². The van der Waals surface area contributed by atoms with E-state index in [9.17, 15) is 27.5 Å². The molecule has 1 amide bonds. The summed E-state index contributed by atoms with van der Waals surface area (Å²) in [6, 6.07) is 14.5. The van der Waals surface area contributed by atoms with Crippen molar-refractivity contribution in [3.05, 3.63) is 94.9 Å². The first-order valence-electron chi connectivity index (χ1n) is 10.6. The number of nitrogens with zero attached hydrogens (tertiary/aromatic N) is 3. The molecule has 0 spiro atoms. The number of hydrogen-bond acceptors (Lipinski definition) is 6. The summed E-state index contributed by atoms with van der Waals surface area (Å²) < 4.78 is 39.4. The van der Waals surface area contributed by atoms with Crippen LogP contribution >= 0.6 is 0 Å². The van der Waals surface area contributed by atoms with E-state index in [0.717, 1.165) is 4.31 Å². The number of sulfonamides is 1. The molecule has 1 aliphatic heterocycles. The molecule has 35 heavy (non-hydrogen) atoms. The molecule has 4 rings (SSSR count). The minimum Gasteiger partial charge on any atom is -0.507 e. The maximum absolute atomic E-state index is 13.6. The van der Waals surface area contributed by atoms with Crippen molar-refractivity contribution in [2.24, 2.45) is 0 Å². The zero-order chi connectivity index (χ0) is 25.5. The Bertz CT molecular complexity index is 1450. The van der Waals surface area contributed by atoms with Crippen LogP contribution in [0.3, 0.4) is 0 Å². The van der Waals surface area contributed by atoms with Gasteiger partial charge in [0, 0.05) is 25.4 Å². The van der Waals surface area contributed by atoms with Crippen LogP contribution in [0.4, 0.5) is 10.2 Å². The van der Waals surface area contributed by atoms with Crippen molar-refractivity contribution in [1.29, 1.82) is 0 Å². The normalized spacial score (nSPS) is 17.9. The number of carbonyl (C=O) groups is 2. The molecule has 2 heterocycles. The largest absolute Gasteiger partial charge is 0.507 e. The predicted octanol–water partition coefficient (Wildman–Crippen LogP) is 3.41. The fraction of sp³-hybridized carbons (Fsp3) is 0.160. The second-order valence-corrected chi connectivity index (χ2v) is 10.3. The van der Waals surface area contributed by atoms with Crippen LogP contribution in [0.1, 0.15) is 22.9 Å². The molecule has 1 atom stereocenters. The standard InChI is InChI=1S/C25H22FN3O5S/c1-15-5-4-6-20(27-15)29-22(16-7-11-18(26)12-8-16)21(24(31)25(29)32)23(30)17-9-13-19(14-10-17)35(33,34)28(2)3/h4-14,22,30H,1-3H3/t22-/m0/s1. The third-order valence-corrected chi connectivity index (χ3v) is 7.49. The van der Waals surface area contributed by atoms with Gasteiger partial charge >= 0.3 is 5.91 Å². The molecule has 180 valence electrons. The highest BCUT2D eigenvalue weighted by Gasteiger charge is 2.47. The van der Waals surface area contributed by atoms with Crippen molar-refractivity contribution in [3.63, 3.8) is 0 Å². The minimum atomic E-state index is -3.70. The number of aryl methyl sites for hydroxylation is 1. The average Bonchev–Trinajstić information content (AvgIpc) is 3.09. The van der Waals surface area contributed by atoms with Crippen LogP contribution in [0.25, 0.3) is 5.76 Å². The molecule has 2 aromatic carbocycles. The van der Waals surface area contributed by atoms with Gasteiger partial charge in [-0.25, -0.2) is 22.1 Å². The lowest BCUT2D eigenvalue weighted by Gasteiger charge is -2.24. The molecule has 0 aliphatic carbocycles. The smallest absolute Gasteiger partial charge is 0.301 e. The quantitative estimate of drug-likeness (QED) is 0.330. The highest BCUT2D eigenvalue weighted by Crippen LogP contribution is 2.41. The molecule has 0 unspecified atom stereocenters. The lowest BCUT2D eigenvalue weighted by atomic mass is 9.95. The number of hydrogen-bond donors (Lipinski definition) is 1. The molecule has 1 fully saturated rings. The van der Waals surface area contributed by atoms with Crippen LogP contribution in [-0.4, -0.2) is 48.6 Å². The Kier molecular flexibility index (Phi) is 6.27. The summed E-state index contributed by atoms with van der Waals surface area (Å²) in [6.45, 7) is 1.73. The van der Waals surface area contributed by atoms with E-state index in [0.29, 0.717) is 11.3 Å². The lowest BCUT2D eigenvalue weighted by molar-refractivity contribution is -0.132. The first kappa shape index (κ1) is 24.2. The summed E-state index contributed by atoms with van der Waals surface area (Å²) in [5, 5.41) is 11.1. The number of Topliss-reactive ketones (excluding diaryl/α,β-unsaturated/α-hetero) is 1. The Morgan fingerprint density at radius 3 is 2.20 bits per heavy atom. The van der Waals surface area contributed by atoms with Gasteiger partial charge in [-0.2, -0.15) is 0 Å². The average molecular weight is 496 g/mol. The van der Waals surface area contributed by atoms with Gasteiger partial charge in [-0.3, -0.25) is 14.5 Å². The van der Waals surface area contributed by atoms with Crippen LogP contribution in [-0.2, 0) is 19.6 Å². The number of ketones is 1. The molecule has 0 radical (unpaired) electrons. The Morgan fingerprint density at radius 1 is 1.00 bits per heavy atom. The molecule has 0 saturated carbocycles. The van der Waals surface area contributed by atoms with Crippen molar-refractivity contribution in [2.75, 3.05) is 19.0 Å². The van der Waals surface area contributed by atoms with E-state index in [-0.39, 0.29) is 21.8 Å². The maximum atomic E-state index is 13.6. The van der Waals surface area contributed by atoms with Gasteiger partial charge in [-0.15, -0.1) is 0 Å². The minimum absolute atomic E-state index is 0.00135. The number of amides is 1. The third kappa shape index (κ3) is 4.33. The molecular formula is C25H22FN3O5S. The van der Waals surface area contributed by atoms with E-state index in [2.05, 4.69) is 4.98 Å². The molecule has 8 nitrogen and oxygen atoms in total. The van der Waals surface area contributed by atoms with Gasteiger partial charge in [0.25, 0.3) is 5.78 Å². The van der Waals surface area contributed by atoms with Crippen molar-refractivity contribution in [2.45, 2.75) is 17.9 Å². The molecular weight excluding hydrogens is 473 g/mol. The number of aliphatic hydroxyl groups excluding tert-OH is 1. The number of benzene rings is 2. The number of anilines is 1. The van der Waals surface area contributed by atoms with Crippen LogP contribution in [0.15, 0.2) is 77.2 Å². The fourth-order valence-electron chi connectivity index (χ4n) is 3.84. The fourth-order valence-corrected chi connectivity index (χ4v) is 4.74. The number of aromatic nitrogens is 1. The topological polar surface area (TPSA) is 108 Å². The zero-order valence-electron chi connectivity index (χ0n) is 19.1. The van der Waals surface area contributed by atoms with E-state index < -0.39 is 39.3 Å². The molecule has 10 heteroatoms. The summed E-state index contributed by atoms with van der Waals surface area (Å²) in [6.07, 6.45) is 0. The highest BCUT2D eigenvalue weighted by molar-refractivity contribution is 7.89. The van der Waals surface area contributed by atoms with Crippen molar-refractivity contribution >= 4 is 33.3 Å². The number of rotatable bonds is 5. The summed E-state index contributed by atoms with van der Waals surface area (Å²) in [5.41, 5.74) is 0.931. The number of pyridine rings is 1. The predicted molar refractivity (Wildman–Crippen MR) is 127 cm³/mol. The van der Waals surface area contributed by atoms with Gasteiger partial charge in [0.1, 0.15) is 17.4 Å². The molecule has 0 bridgehead atoms. The molecule has 1 aliphatic rings. The van der Waals surface area contributed by atoms with E-state index in [1.807, 2.05) is 0 Å². The number of aliphatic hydroxyl groups is 1. The van der Waals surface area contributed by atoms with Gasteiger partial charge in [-0.05, 0) is 61.0 Å². The molecule has 3 aromatic rings. The van der Waals surface area contributed by atoms with E-state index in [1.54, 1.807) is 25.1 Å². The van der Waals surface area contributed by atoms with Gasteiger partial charge in [-0.1, -0.05) is 18.2 Å². The van der Waals surface area contributed by atoms with Gasteiger partial charge in [0.05, 0.1) is 16.5 Å². The highest BCUT2D eigenvalue weighted by atomic mass is 32.2. The van der Waals surface area contributed by atoms with Crippen molar-refractivity contribution < 1.29 is 27.5 Å². The Hall–Kier alpha value is -3.89. The summed E-state index contributed by atoms with van der Waals surface area (Å²) in [5.74, 6) is -2.62. The number of carbonyl (C=O) groups excluding carboxylic acids is 2. The maximum Gasteiger partial charge on any atom is 0.301 e. The van der Waals surface area contributed by atoms with E-state index >= 15 is 0 Å². The molecule has 1 saturated heterocycles. The molecule has 1 aromatic heterocycles. The third-order valence-electron chi connectivity index (χ3n) is 5.66. The zero-order valence-corrected chi connectivity index (χ0v) is 20.0. The van der Waals surface area contributed by atoms with E-state index in [4.69, 9.17) is 0 Å². The van der Waals surface area contributed by atoms with E-state index in [1.165, 1.54) is 67.5 Å². The van der Waals surface area contributed by atoms with Gasteiger partial charge < -0.3 is 5.11 Å². The van der Waals surface area contributed by atoms with Crippen LogP contribution in [0, 0.1) is 12.7 Å². The summed E-state index contributed by atoms with van der Waals surface area (Å²) in [4.78, 5) is 31.8. The number of halogens is 1. The van der Waals surface area contributed by atoms with Crippen molar-refractivity contribution in [1.82, 2.24) is 9.29 Å². The second-order valence-electron chi connectivity index (χ2n) is 8.17. The summed E-state index contributed by atoms with van der Waals surface area (Å²) in [7, 11) is -0.911. The summed E-state index contributed by atoms with van der Waals surface area (Å²) >= 11 is 0. The first-order valence-corrected chi connectivity index (χ1v) is 12.0. The van der Waals surface area contributed by atoms with Crippen LogP contribution < -0.4 is 4.90 Å². The first-order chi connectivity index (χ1) is 16.5. The van der Waals surface area contributed by atoms with Gasteiger partial charge in [0.15, 0.2) is 0 Å². The Morgan fingerprint density at radius 2 is 1.63 bits per heavy atom. The second kappa shape index (κ2) is 9.05. The van der Waals surface area contributed by atoms with Crippen LogP contribution in [0.2, 0.25) is 0 Å². The lowest BCUT2D eigenvalue weighted by Crippen LogP contribution is -2.30.